The summed E-state index contributed by atoms with van der Waals surface area (Å²) in [6, 6.07) is 17.3. The predicted molar refractivity (Wildman–Crippen MR) is 64.3 cm³/mol. The van der Waals surface area contributed by atoms with Crippen LogP contribution in [0.3, 0.4) is 0 Å². The van der Waals surface area contributed by atoms with Crippen molar-refractivity contribution in [1.29, 1.82) is 0 Å². The van der Waals surface area contributed by atoms with Crippen molar-refractivity contribution < 1.29 is 9.90 Å². The molecule has 0 spiro atoms. The average molecular weight is 226 g/mol. The first-order valence-corrected chi connectivity index (χ1v) is 5.35. The van der Waals surface area contributed by atoms with E-state index in [-0.39, 0.29) is 0 Å². The summed E-state index contributed by atoms with van der Waals surface area (Å²) >= 11 is 0. The zero-order valence-corrected chi connectivity index (χ0v) is 9.17. The second-order valence-corrected chi connectivity index (χ2v) is 3.67. The number of benzene rings is 2. The first-order chi connectivity index (χ1) is 8.27. The van der Waals surface area contributed by atoms with E-state index in [0.29, 0.717) is 5.56 Å². The number of carboxylic acids is 1. The number of para-hydroxylation sites is 1. The summed E-state index contributed by atoms with van der Waals surface area (Å²) < 4.78 is 0. The van der Waals surface area contributed by atoms with Crippen molar-refractivity contribution in [3.05, 3.63) is 66.2 Å². The summed E-state index contributed by atoms with van der Waals surface area (Å²) in [6.07, 6.45) is 0. The summed E-state index contributed by atoms with van der Waals surface area (Å²) in [5.41, 5.74) is 1.43. The molecule has 1 atom stereocenters. The van der Waals surface area contributed by atoms with Crippen molar-refractivity contribution >= 4 is 11.7 Å². The molecule has 0 amide bonds. The maximum atomic E-state index is 11.1. The van der Waals surface area contributed by atoms with Crippen LogP contribution < -0.4 is 10.4 Å². The van der Waals surface area contributed by atoms with E-state index in [2.05, 4.69) is 5.32 Å². The molecule has 86 valence electrons. The van der Waals surface area contributed by atoms with Crippen LogP contribution in [-0.2, 0) is 4.79 Å². The summed E-state index contributed by atoms with van der Waals surface area (Å²) in [4.78, 5) is 11.1. The second-order valence-electron chi connectivity index (χ2n) is 3.67. The number of nitrogens with one attached hydrogen (secondary N) is 1. The minimum atomic E-state index is -1.14. The third kappa shape index (κ3) is 2.84. The van der Waals surface area contributed by atoms with Gasteiger partial charge in [0, 0.05) is 5.69 Å². The lowest BCUT2D eigenvalue weighted by atomic mass is 10.1. The van der Waals surface area contributed by atoms with Crippen LogP contribution in [0.25, 0.3) is 0 Å². The van der Waals surface area contributed by atoms with Crippen molar-refractivity contribution in [2.75, 3.05) is 5.32 Å². The fourth-order valence-corrected chi connectivity index (χ4v) is 1.62. The van der Waals surface area contributed by atoms with Gasteiger partial charge in [0.25, 0.3) is 0 Å². The van der Waals surface area contributed by atoms with Gasteiger partial charge in [0.2, 0.25) is 0 Å². The molecule has 0 saturated carbocycles. The van der Waals surface area contributed by atoms with Gasteiger partial charge in [0.15, 0.2) is 0 Å². The molecule has 0 radical (unpaired) electrons. The topological polar surface area (TPSA) is 52.2 Å². The van der Waals surface area contributed by atoms with Gasteiger partial charge in [-0.15, -0.1) is 0 Å². The van der Waals surface area contributed by atoms with E-state index in [9.17, 15) is 9.90 Å². The highest BCUT2D eigenvalue weighted by Gasteiger charge is 2.11. The number of hydrogen-bond donors (Lipinski definition) is 1. The van der Waals surface area contributed by atoms with E-state index in [0.717, 1.165) is 5.69 Å². The van der Waals surface area contributed by atoms with Crippen molar-refractivity contribution in [1.82, 2.24) is 0 Å². The fourth-order valence-electron chi connectivity index (χ4n) is 1.62. The monoisotopic (exact) mass is 226 g/mol. The van der Waals surface area contributed by atoms with E-state index in [1.807, 2.05) is 36.4 Å². The molecule has 2 rings (SSSR count). The van der Waals surface area contributed by atoms with Crippen LogP contribution in [0.2, 0.25) is 0 Å². The van der Waals surface area contributed by atoms with Crippen LogP contribution in [0.15, 0.2) is 60.7 Å². The molecule has 2 aromatic carbocycles. The Morgan fingerprint density at radius 1 is 0.941 bits per heavy atom. The normalized spacial score (nSPS) is 11.8. The number of hydrogen-bond acceptors (Lipinski definition) is 3. The molecule has 0 aliphatic rings. The minimum absolute atomic E-state index is 0.677. The lowest BCUT2D eigenvalue weighted by molar-refractivity contribution is -0.307. The number of carbonyl (C=O) groups excluding carboxylic acids is 1. The first-order valence-electron chi connectivity index (χ1n) is 5.35. The van der Waals surface area contributed by atoms with Gasteiger partial charge in [-0.05, 0) is 17.7 Å². The van der Waals surface area contributed by atoms with Gasteiger partial charge in [-0.25, -0.2) is 0 Å². The summed E-state index contributed by atoms with van der Waals surface area (Å²) in [6.45, 7) is 0. The van der Waals surface area contributed by atoms with Crippen molar-refractivity contribution in [3.63, 3.8) is 0 Å². The number of rotatable bonds is 4. The van der Waals surface area contributed by atoms with Crippen LogP contribution in [0, 0.1) is 0 Å². The van der Waals surface area contributed by atoms with Gasteiger partial charge >= 0.3 is 0 Å². The smallest absolute Gasteiger partial charge is 0.0912 e. The Morgan fingerprint density at radius 3 is 2.00 bits per heavy atom. The van der Waals surface area contributed by atoms with Crippen molar-refractivity contribution in [2.24, 2.45) is 0 Å². The number of aliphatic carboxylic acids is 1. The molecule has 0 aliphatic heterocycles. The third-order valence-corrected chi connectivity index (χ3v) is 2.45. The molecule has 0 bridgehead atoms. The van der Waals surface area contributed by atoms with Crippen LogP contribution in [0.1, 0.15) is 11.6 Å². The first kappa shape index (κ1) is 11.2. The van der Waals surface area contributed by atoms with E-state index < -0.39 is 12.0 Å². The summed E-state index contributed by atoms with van der Waals surface area (Å²) in [7, 11) is 0. The zero-order valence-electron chi connectivity index (χ0n) is 9.17. The van der Waals surface area contributed by atoms with Crippen molar-refractivity contribution in [2.45, 2.75) is 6.04 Å². The zero-order chi connectivity index (χ0) is 12.1. The lowest BCUT2D eigenvalue weighted by Gasteiger charge is -2.21. The Balaban J connectivity index is 2.23. The van der Waals surface area contributed by atoms with Gasteiger partial charge in [0.05, 0.1) is 12.0 Å². The quantitative estimate of drug-likeness (QED) is 0.861. The third-order valence-electron chi connectivity index (χ3n) is 2.45. The molecule has 2 aromatic rings. The Morgan fingerprint density at radius 2 is 1.47 bits per heavy atom. The van der Waals surface area contributed by atoms with E-state index in [1.165, 1.54) is 0 Å². The predicted octanol–water partition coefficient (Wildman–Crippen LogP) is 1.59. The van der Waals surface area contributed by atoms with Gasteiger partial charge in [0.1, 0.15) is 0 Å². The Kier molecular flexibility index (Phi) is 3.40. The number of carbonyl (C=O) groups is 1. The second kappa shape index (κ2) is 5.16. The van der Waals surface area contributed by atoms with Gasteiger partial charge in [-0.2, -0.15) is 0 Å². The van der Waals surface area contributed by atoms with Gasteiger partial charge in [-0.3, -0.25) is 0 Å². The largest absolute Gasteiger partial charge is 0.548 e. The Hall–Kier alpha value is -2.29. The summed E-state index contributed by atoms with van der Waals surface area (Å²) in [5.74, 6) is -1.14. The standard InChI is InChI=1S/C14H13NO2/c16-14(17)13(11-7-3-1-4-8-11)15-12-9-5-2-6-10-12/h1-10,13,15H,(H,16,17)/p-1/t13-/m1/s1. The van der Waals surface area contributed by atoms with Crippen LogP contribution in [0.5, 0.6) is 0 Å². The Bertz CT molecular complexity index is 482. The van der Waals surface area contributed by atoms with Gasteiger partial charge in [-0.1, -0.05) is 48.5 Å². The molecule has 17 heavy (non-hydrogen) atoms. The van der Waals surface area contributed by atoms with E-state index in [1.54, 1.807) is 24.3 Å². The highest BCUT2D eigenvalue weighted by atomic mass is 16.4. The van der Waals surface area contributed by atoms with Crippen LogP contribution in [0.4, 0.5) is 5.69 Å². The molecule has 3 nitrogen and oxygen atoms in total. The minimum Gasteiger partial charge on any atom is -0.548 e. The number of carboxylic acid groups (broad SMARTS) is 1. The molecule has 0 fully saturated rings. The SMILES string of the molecule is O=C([O-])[C@H](Nc1ccccc1)c1ccccc1. The molecular weight excluding hydrogens is 214 g/mol. The number of anilines is 1. The van der Waals surface area contributed by atoms with E-state index >= 15 is 0 Å². The van der Waals surface area contributed by atoms with Crippen molar-refractivity contribution in [3.8, 4) is 0 Å². The highest BCUT2D eigenvalue weighted by molar-refractivity contribution is 5.77. The highest BCUT2D eigenvalue weighted by Crippen LogP contribution is 2.18. The summed E-state index contributed by atoms with van der Waals surface area (Å²) in [5, 5.41) is 14.1. The lowest BCUT2D eigenvalue weighted by Crippen LogP contribution is -2.34. The molecule has 3 heteroatoms. The maximum Gasteiger partial charge on any atom is 0.0912 e. The Labute approximate surface area is 99.7 Å². The van der Waals surface area contributed by atoms with Crippen LogP contribution in [-0.4, -0.2) is 5.97 Å². The van der Waals surface area contributed by atoms with Crippen LogP contribution >= 0.6 is 0 Å². The maximum absolute atomic E-state index is 11.1. The van der Waals surface area contributed by atoms with Gasteiger partial charge < -0.3 is 15.2 Å². The average Bonchev–Trinajstić information content (AvgIpc) is 2.38. The molecule has 0 unspecified atom stereocenters. The molecule has 0 aliphatic carbocycles. The molecule has 1 N–H and O–H groups in total. The van der Waals surface area contributed by atoms with E-state index in [4.69, 9.17) is 0 Å². The molecule has 0 saturated heterocycles. The fraction of sp³-hybridized carbons (Fsp3) is 0.0714. The molecule has 0 aromatic heterocycles. The molecule has 0 heterocycles. The molecular formula is C14H12NO2-.